The summed E-state index contributed by atoms with van der Waals surface area (Å²) < 4.78 is 60.2. The fourth-order valence-electron chi connectivity index (χ4n) is 3.34. The average molecular weight is 352 g/mol. The van der Waals surface area contributed by atoms with Gasteiger partial charge in [-0.05, 0) is 54.5 Å². The van der Waals surface area contributed by atoms with E-state index in [0.717, 1.165) is 37.8 Å². The second kappa shape index (κ2) is 7.56. The highest BCUT2D eigenvalue weighted by Gasteiger charge is 2.21. The maximum absolute atomic E-state index is 14.5. The molecule has 2 aromatic rings. The van der Waals surface area contributed by atoms with Gasteiger partial charge in [0.1, 0.15) is 5.82 Å². The van der Waals surface area contributed by atoms with E-state index in [4.69, 9.17) is 4.74 Å². The quantitative estimate of drug-likeness (QED) is 0.473. The second-order valence-corrected chi connectivity index (χ2v) is 6.49. The van der Waals surface area contributed by atoms with Gasteiger partial charge >= 0.3 is 0 Å². The molecule has 2 atom stereocenters. The fourth-order valence-corrected chi connectivity index (χ4v) is 3.34. The number of rotatable bonds is 3. The van der Waals surface area contributed by atoms with E-state index in [2.05, 4.69) is 6.92 Å². The van der Waals surface area contributed by atoms with Crippen LogP contribution in [0, 0.1) is 29.2 Å². The molecule has 1 aliphatic rings. The van der Waals surface area contributed by atoms with E-state index in [1.807, 2.05) is 0 Å². The molecule has 0 saturated carbocycles. The van der Waals surface area contributed by atoms with Gasteiger partial charge in [-0.1, -0.05) is 25.5 Å². The van der Waals surface area contributed by atoms with Crippen LogP contribution >= 0.6 is 0 Å². The number of ether oxygens (including phenoxy) is 1. The van der Waals surface area contributed by atoms with Gasteiger partial charge in [-0.2, -0.15) is 0 Å². The highest BCUT2D eigenvalue weighted by atomic mass is 19.2. The lowest BCUT2D eigenvalue weighted by molar-refractivity contribution is 0.0572. The Hall–Kier alpha value is -1.88. The number of benzene rings is 2. The lowest BCUT2D eigenvalue weighted by Crippen LogP contribution is -2.03. The monoisotopic (exact) mass is 352 g/mol. The van der Waals surface area contributed by atoms with Crippen LogP contribution in [0.3, 0.4) is 0 Å². The molecule has 0 aromatic heterocycles. The molecule has 0 bridgehead atoms. The maximum Gasteiger partial charge on any atom is 0.194 e. The van der Waals surface area contributed by atoms with Crippen molar-refractivity contribution in [1.82, 2.24) is 0 Å². The summed E-state index contributed by atoms with van der Waals surface area (Å²) in [7, 11) is 0. The van der Waals surface area contributed by atoms with E-state index in [1.54, 1.807) is 6.07 Å². The summed E-state index contributed by atoms with van der Waals surface area (Å²) in [6.07, 6.45) is 3.77. The molecule has 0 aliphatic carbocycles. The Labute approximate surface area is 144 Å². The van der Waals surface area contributed by atoms with Crippen LogP contribution in [0.5, 0.6) is 0 Å². The first-order valence-electron chi connectivity index (χ1n) is 8.55. The van der Waals surface area contributed by atoms with Crippen molar-refractivity contribution in [3.8, 4) is 11.1 Å². The average Bonchev–Trinajstić information content (AvgIpc) is 2.84. The van der Waals surface area contributed by atoms with Crippen LogP contribution in [0.4, 0.5) is 17.6 Å². The van der Waals surface area contributed by atoms with Crippen molar-refractivity contribution in [2.45, 2.75) is 38.7 Å². The molecule has 0 spiro atoms. The molecule has 0 radical (unpaired) electrons. The highest BCUT2D eigenvalue weighted by molar-refractivity contribution is 5.64. The molecule has 1 aliphatic heterocycles. The van der Waals surface area contributed by atoms with Crippen LogP contribution in [0.25, 0.3) is 11.1 Å². The largest absolute Gasteiger partial charge is 0.374 e. The van der Waals surface area contributed by atoms with Crippen LogP contribution in [0.1, 0.15) is 44.3 Å². The second-order valence-electron chi connectivity index (χ2n) is 6.49. The molecule has 2 aromatic carbocycles. The summed E-state index contributed by atoms with van der Waals surface area (Å²) >= 11 is 0. The van der Waals surface area contributed by atoms with E-state index in [-0.39, 0.29) is 17.2 Å². The molecule has 2 unspecified atom stereocenters. The van der Waals surface area contributed by atoms with Gasteiger partial charge in [0.05, 0.1) is 6.10 Å². The molecule has 1 fully saturated rings. The van der Waals surface area contributed by atoms with Crippen molar-refractivity contribution < 1.29 is 22.3 Å². The Bertz CT molecular complexity index is 736. The van der Waals surface area contributed by atoms with Gasteiger partial charge in [-0.25, -0.2) is 17.6 Å². The molecule has 0 N–H and O–H groups in total. The van der Waals surface area contributed by atoms with Crippen LogP contribution in [0.15, 0.2) is 30.3 Å². The van der Waals surface area contributed by atoms with Crippen LogP contribution < -0.4 is 0 Å². The molecule has 1 saturated heterocycles. The molecular formula is C20H20F4O. The van der Waals surface area contributed by atoms with E-state index < -0.39 is 23.3 Å². The summed E-state index contributed by atoms with van der Waals surface area (Å²) in [5.41, 5.74) is 0.705. The Balaban J connectivity index is 1.86. The smallest absolute Gasteiger partial charge is 0.194 e. The molecule has 0 amide bonds. The van der Waals surface area contributed by atoms with E-state index >= 15 is 0 Å². The van der Waals surface area contributed by atoms with E-state index in [9.17, 15) is 17.6 Å². The van der Waals surface area contributed by atoms with Crippen molar-refractivity contribution in [2.75, 3.05) is 6.61 Å². The minimum absolute atomic E-state index is 0.0293. The first kappa shape index (κ1) is 17.9. The third kappa shape index (κ3) is 3.87. The minimum atomic E-state index is -1.56. The lowest BCUT2D eigenvalue weighted by Gasteiger charge is -2.16. The van der Waals surface area contributed by atoms with Crippen LogP contribution in [0.2, 0.25) is 0 Å². The van der Waals surface area contributed by atoms with Crippen LogP contribution in [-0.2, 0) is 4.74 Å². The molecule has 5 heteroatoms. The summed E-state index contributed by atoms with van der Waals surface area (Å²) in [5.74, 6) is -4.22. The minimum Gasteiger partial charge on any atom is -0.374 e. The number of halogens is 4. The number of hydrogen-bond donors (Lipinski definition) is 0. The van der Waals surface area contributed by atoms with Gasteiger partial charge in [-0.15, -0.1) is 0 Å². The Morgan fingerprint density at radius 1 is 0.920 bits per heavy atom. The van der Waals surface area contributed by atoms with Gasteiger partial charge in [0.15, 0.2) is 17.5 Å². The predicted octanol–water partition coefficient (Wildman–Crippen LogP) is 6.18. The molecule has 1 nitrogen and oxygen atoms in total. The van der Waals surface area contributed by atoms with Crippen LogP contribution in [-0.4, -0.2) is 6.61 Å². The molecule has 134 valence electrons. The van der Waals surface area contributed by atoms with Crippen molar-refractivity contribution in [2.24, 2.45) is 5.92 Å². The van der Waals surface area contributed by atoms with Gasteiger partial charge in [0.2, 0.25) is 0 Å². The summed E-state index contributed by atoms with van der Waals surface area (Å²) in [6.45, 7) is 2.79. The fraction of sp³-hybridized carbons (Fsp3) is 0.400. The van der Waals surface area contributed by atoms with Gasteiger partial charge in [0, 0.05) is 12.2 Å². The Morgan fingerprint density at radius 2 is 1.64 bits per heavy atom. The molecular weight excluding hydrogens is 332 g/mol. The lowest BCUT2D eigenvalue weighted by atomic mass is 9.94. The van der Waals surface area contributed by atoms with Crippen molar-refractivity contribution in [3.63, 3.8) is 0 Å². The third-order valence-corrected chi connectivity index (χ3v) is 4.92. The Morgan fingerprint density at radius 3 is 2.28 bits per heavy atom. The topological polar surface area (TPSA) is 9.23 Å². The zero-order valence-corrected chi connectivity index (χ0v) is 14.0. The summed E-state index contributed by atoms with van der Waals surface area (Å²) in [4.78, 5) is 0. The SMILES string of the molecule is CCC1CCOC(c2ccc(-c3cc(F)c(F)c(F)c3)c(F)c2)CC1. The van der Waals surface area contributed by atoms with E-state index in [0.29, 0.717) is 18.1 Å². The molecule has 1 heterocycles. The zero-order valence-electron chi connectivity index (χ0n) is 14.0. The number of hydrogen-bond acceptors (Lipinski definition) is 1. The maximum atomic E-state index is 14.5. The van der Waals surface area contributed by atoms with Gasteiger partial charge in [0.25, 0.3) is 0 Å². The normalized spacial score (nSPS) is 21.2. The standard InChI is InChI=1S/C20H20F4O/c1-2-12-3-6-19(25-8-7-12)13-4-5-15(16(21)9-13)14-10-17(22)20(24)18(23)11-14/h4-5,9-12,19H,2-3,6-8H2,1H3. The first-order chi connectivity index (χ1) is 12.0. The highest BCUT2D eigenvalue weighted by Crippen LogP contribution is 2.34. The Kier molecular flexibility index (Phi) is 5.42. The van der Waals surface area contributed by atoms with Crippen molar-refractivity contribution in [1.29, 1.82) is 0 Å². The zero-order chi connectivity index (χ0) is 18.0. The summed E-state index contributed by atoms with van der Waals surface area (Å²) in [6, 6.07) is 6.09. The van der Waals surface area contributed by atoms with Crippen molar-refractivity contribution in [3.05, 3.63) is 59.2 Å². The summed E-state index contributed by atoms with van der Waals surface area (Å²) in [5, 5.41) is 0. The van der Waals surface area contributed by atoms with Gasteiger partial charge < -0.3 is 4.74 Å². The third-order valence-electron chi connectivity index (χ3n) is 4.92. The first-order valence-corrected chi connectivity index (χ1v) is 8.55. The van der Waals surface area contributed by atoms with Gasteiger partial charge in [-0.3, -0.25) is 0 Å². The molecule has 25 heavy (non-hydrogen) atoms. The van der Waals surface area contributed by atoms with E-state index in [1.165, 1.54) is 12.1 Å². The van der Waals surface area contributed by atoms with Crippen molar-refractivity contribution >= 4 is 0 Å². The molecule has 3 rings (SSSR count). The predicted molar refractivity (Wildman–Crippen MR) is 88.0 cm³/mol.